The third-order valence-electron chi connectivity index (χ3n) is 8.82. The lowest BCUT2D eigenvalue weighted by molar-refractivity contribution is 0.0456. The van der Waals surface area contributed by atoms with Gasteiger partial charge < -0.3 is 39.8 Å². The maximum Gasteiger partial charge on any atom is 0.408 e. The fourth-order valence-corrected chi connectivity index (χ4v) is 7.37. The number of ether oxygens (including phenoxy) is 4. The maximum atomic E-state index is 12.1. The van der Waals surface area contributed by atoms with Crippen LogP contribution in [0.2, 0.25) is 5.15 Å². The summed E-state index contributed by atoms with van der Waals surface area (Å²) in [4.78, 5) is 26.7. The molecule has 0 aliphatic carbocycles. The van der Waals surface area contributed by atoms with Crippen LogP contribution >= 0.6 is 22.9 Å². The zero-order valence-corrected chi connectivity index (χ0v) is 32.0. The number of amides is 1. The SMILES string of the molecule is C[C@H](NC(=O)OC(C)(C)C)c1ccc(-c2scnc2C#CCOCCOCCOc2cc(N3C4CCC3CN(c3cc(Cl)nnc3N)C4)ccn2)cc1. The topological polar surface area (TPSA) is 150 Å². The number of hydrogen-bond donors (Lipinski definition) is 2. The predicted molar refractivity (Wildman–Crippen MR) is 207 cm³/mol. The Balaban J connectivity index is 0.883. The number of halogens is 1. The fraction of sp³-hybridized carbons (Fsp3) is 0.447. The summed E-state index contributed by atoms with van der Waals surface area (Å²) >= 11 is 7.63. The normalized spacial score (nSPS) is 17.2. The highest BCUT2D eigenvalue weighted by Gasteiger charge is 2.41. The number of benzene rings is 1. The summed E-state index contributed by atoms with van der Waals surface area (Å²) in [7, 11) is 0. The van der Waals surface area contributed by atoms with Crippen LogP contribution < -0.4 is 25.6 Å². The van der Waals surface area contributed by atoms with E-state index in [1.54, 1.807) is 17.8 Å². The molecule has 0 radical (unpaired) electrons. The molecular weight excluding hydrogens is 716 g/mol. The van der Waals surface area contributed by atoms with E-state index in [4.69, 9.17) is 36.3 Å². The van der Waals surface area contributed by atoms with E-state index in [1.807, 2.05) is 64.1 Å². The number of pyridine rings is 1. The highest BCUT2D eigenvalue weighted by molar-refractivity contribution is 7.13. The van der Waals surface area contributed by atoms with Gasteiger partial charge in [-0.1, -0.05) is 41.8 Å². The minimum absolute atomic E-state index is 0.199. The van der Waals surface area contributed by atoms with Gasteiger partial charge in [0.2, 0.25) is 5.88 Å². The van der Waals surface area contributed by atoms with Crippen LogP contribution in [0.15, 0.2) is 54.2 Å². The van der Waals surface area contributed by atoms with E-state index in [9.17, 15) is 4.79 Å². The molecule has 4 aromatic rings. The van der Waals surface area contributed by atoms with E-state index in [2.05, 4.69) is 47.1 Å². The standard InChI is InChI=1S/C38H45ClN8O5S/c1-25(43-37(48)52-38(2,3)4)26-7-9-27(10-8-26)35-31(42-24-53-35)6-5-15-49-16-17-50-18-19-51-34-20-28(13-14-41-34)47-29-11-12-30(47)23-46(22-29)32-21-33(39)44-45-36(32)40/h7-10,13-14,20-21,24-25,29-30H,11-12,15-19,22-23H2,1-4H3,(H2,40,45)(H,43,48)/t25-,29?,30?/m0/s1. The first-order chi connectivity index (χ1) is 25.5. The van der Waals surface area contributed by atoms with E-state index < -0.39 is 11.7 Å². The highest BCUT2D eigenvalue weighted by atomic mass is 35.5. The van der Waals surface area contributed by atoms with Crippen molar-refractivity contribution in [3.8, 4) is 28.2 Å². The van der Waals surface area contributed by atoms with Gasteiger partial charge in [0, 0.05) is 49.2 Å². The minimum atomic E-state index is -0.550. The number of nitrogens with zero attached hydrogens (tertiary/aromatic N) is 6. The quantitative estimate of drug-likeness (QED) is 0.119. The highest BCUT2D eigenvalue weighted by Crippen LogP contribution is 2.38. The fourth-order valence-electron chi connectivity index (χ4n) is 6.48. The first-order valence-electron chi connectivity index (χ1n) is 17.6. The summed E-state index contributed by atoms with van der Waals surface area (Å²) in [6, 6.07) is 14.3. The van der Waals surface area contributed by atoms with Gasteiger partial charge in [-0.25, -0.2) is 14.8 Å². The third-order valence-corrected chi connectivity index (χ3v) is 9.88. The Kier molecular flexibility index (Phi) is 12.5. The summed E-state index contributed by atoms with van der Waals surface area (Å²) in [6.45, 7) is 11.0. The zero-order valence-electron chi connectivity index (χ0n) is 30.4. The molecule has 2 aliphatic rings. The van der Waals surface area contributed by atoms with Crippen molar-refractivity contribution in [3.05, 3.63) is 70.6 Å². The van der Waals surface area contributed by atoms with Gasteiger partial charge in [-0.2, -0.15) is 0 Å². The molecule has 2 saturated heterocycles. The molecule has 1 aromatic carbocycles. The average Bonchev–Trinajstić information content (AvgIpc) is 3.70. The second kappa shape index (κ2) is 17.4. The molecule has 15 heteroatoms. The monoisotopic (exact) mass is 760 g/mol. The average molecular weight is 761 g/mol. The Morgan fingerprint density at radius 1 is 1.04 bits per heavy atom. The van der Waals surface area contributed by atoms with Crippen molar-refractivity contribution in [2.24, 2.45) is 0 Å². The number of piperazine rings is 1. The summed E-state index contributed by atoms with van der Waals surface area (Å²) in [5.74, 6) is 7.13. The van der Waals surface area contributed by atoms with Crippen LogP contribution in [0.5, 0.6) is 5.88 Å². The lowest BCUT2D eigenvalue weighted by Gasteiger charge is -2.43. The van der Waals surface area contributed by atoms with Crippen molar-refractivity contribution >= 4 is 46.2 Å². The van der Waals surface area contributed by atoms with Crippen molar-refractivity contribution in [2.75, 3.05) is 61.7 Å². The lowest BCUT2D eigenvalue weighted by Crippen LogP contribution is -2.54. The van der Waals surface area contributed by atoms with Gasteiger partial charge in [-0.05, 0) is 63.7 Å². The number of nitrogen functional groups attached to an aromatic ring is 1. The minimum Gasteiger partial charge on any atom is -0.475 e. The molecule has 1 amide bonds. The predicted octanol–water partition coefficient (Wildman–Crippen LogP) is 6.14. The smallest absolute Gasteiger partial charge is 0.408 e. The molecule has 6 rings (SSSR count). The molecule has 0 spiro atoms. The molecule has 0 saturated carbocycles. The number of hydrogen-bond acceptors (Lipinski definition) is 13. The molecule has 2 aliphatic heterocycles. The van der Waals surface area contributed by atoms with Crippen LogP contribution in [0.25, 0.3) is 10.4 Å². The third kappa shape index (κ3) is 10.3. The number of rotatable bonds is 13. The molecule has 13 nitrogen and oxygen atoms in total. The number of carbonyl (C=O) groups excluding carboxylic acids is 1. The van der Waals surface area contributed by atoms with Crippen LogP contribution in [0.1, 0.15) is 57.8 Å². The van der Waals surface area contributed by atoms with E-state index in [0.29, 0.717) is 61.1 Å². The van der Waals surface area contributed by atoms with Gasteiger partial charge in [0.1, 0.15) is 24.5 Å². The number of fused-ring (bicyclic) bond motifs is 2. The van der Waals surface area contributed by atoms with Crippen LogP contribution in [0.3, 0.4) is 0 Å². The van der Waals surface area contributed by atoms with Gasteiger partial charge in [0.05, 0.1) is 41.9 Å². The molecule has 3 atom stereocenters. The lowest BCUT2D eigenvalue weighted by atomic mass is 10.0. The number of alkyl carbamates (subject to hydrolysis) is 1. The van der Waals surface area contributed by atoms with E-state index in [0.717, 1.165) is 53.3 Å². The number of aromatic nitrogens is 4. The van der Waals surface area contributed by atoms with E-state index >= 15 is 0 Å². The Labute approximate surface area is 319 Å². The molecule has 280 valence electrons. The van der Waals surface area contributed by atoms with Gasteiger partial charge in [-0.15, -0.1) is 21.5 Å². The number of nitrogens with one attached hydrogen (secondary N) is 1. The first kappa shape index (κ1) is 38.1. The van der Waals surface area contributed by atoms with Crippen molar-refractivity contribution < 1.29 is 23.7 Å². The molecule has 5 heterocycles. The largest absolute Gasteiger partial charge is 0.475 e. The van der Waals surface area contributed by atoms with Crippen molar-refractivity contribution in [3.63, 3.8) is 0 Å². The van der Waals surface area contributed by atoms with E-state index in [1.165, 1.54) is 11.3 Å². The second-order valence-electron chi connectivity index (χ2n) is 13.8. The number of anilines is 3. The maximum absolute atomic E-state index is 12.1. The molecule has 3 N–H and O–H groups in total. The van der Waals surface area contributed by atoms with Crippen molar-refractivity contribution in [1.82, 2.24) is 25.5 Å². The molecule has 3 aromatic heterocycles. The van der Waals surface area contributed by atoms with Gasteiger partial charge in [0.15, 0.2) is 11.0 Å². The van der Waals surface area contributed by atoms with Crippen LogP contribution in [0.4, 0.5) is 22.0 Å². The Morgan fingerprint density at radius 2 is 1.77 bits per heavy atom. The molecule has 53 heavy (non-hydrogen) atoms. The van der Waals surface area contributed by atoms with Crippen LogP contribution in [-0.2, 0) is 14.2 Å². The van der Waals surface area contributed by atoms with Gasteiger partial charge in [0.25, 0.3) is 0 Å². The number of carbonyl (C=O) groups is 1. The molecule has 2 bridgehead atoms. The Morgan fingerprint density at radius 3 is 2.53 bits per heavy atom. The summed E-state index contributed by atoms with van der Waals surface area (Å²) in [6.07, 6.45) is 3.52. The number of thiazole rings is 1. The summed E-state index contributed by atoms with van der Waals surface area (Å²) in [5, 5.41) is 11.1. The van der Waals surface area contributed by atoms with Gasteiger partial charge >= 0.3 is 6.09 Å². The van der Waals surface area contributed by atoms with Gasteiger partial charge in [-0.3, -0.25) is 0 Å². The second-order valence-corrected chi connectivity index (χ2v) is 15.1. The summed E-state index contributed by atoms with van der Waals surface area (Å²) in [5.41, 5.74) is 12.0. The Bertz CT molecular complexity index is 1900. The zero-order chi connectivity index (χ0) is 37.4. The summed E-state index contributed by atoms with van der Waals surface area (Å²) < 4.78 is 22.6. The van der Waals surface area contributed by atoms with Crippen LogP contribution in [-0.4, -0.2) is 90.1 Å². The molecular formula is C38H45ClN8O5S. The van der Waals surface area contributed by atoms with Crippen molar-refractivity contribution in [1.29, 1.82) is 0 Å². The number of nitrogens with two attached hydrogens (primary N) is 1. The first-order valence-corrected chi connectivity index (χ1v) is 18.9. The molecule has 2 fully saturated rings. The molecule has 2 unspecified atom stereocenters. The van der Waals surface area contributed by atoms with Crippen molar-refractivity contribution in [2.45, 2.75) is 64.3 Å². The Hall–Kier alpha value is -4.68. The van der Waals surface area contributed by atoms with E-state index in [-0.39, 0.29) is 12.6 Å². The van der Waals surface area contributed by atoms with Crippen LogP contribution in [0, 0.1) is 11.8 Å².